The summed E-state index contributed by atoms with van der Waals surface area (Å²) in [5.41, 5.74) is 3.67. The van der Waals surface area contributed by atoms with E-state index in [1.165, 1.54) is 0 Å². The van der Waals surface area contributed by atoms with Gasteiger partial charge in [-0.05, 0) is 58.2 Å². The Kier molecular flexibility index (Phi) is 5.17. The van der Waals surface area contributed by atoms with Crippen molar-refractivity contribution in [3.8, 4) is 0 Å². The molecule has 112 valence electrons. The first-order valence-electron chi connectivity index (χ1n) is 6.82. The lowest BCUT2D eigenvalue weighted by molar-refractivity contribution is 0.0481. The molecule has 0 saturated heterocycles. The topological polar surface area (TPSA) is 58.6 Å². The molecule has 1 rings (SSSR count). The zero-order chi connectivity index (χ0) is 15.5. The number of aryl methyl sites for hydroxylation is 3. The summed E-state index contributed by atoms with van der Waals surface area (Å²) >= 11 is 0. The highest BCUT2D eigenvalue weighted by Gasteiger charge is 2.22. The minimum atomic E-state index is -0.554. The van der Waals surface area contributed by atoms with E-state index >= 15 is 0 Å². The molecule has 0 aliphatic rings. The lowest BCUT2D eigenvalue weighted by atomic mass is 9.94. The molecule has 2 N–H and O–H groups in total. The van der Waals surface area contributed by atoms with Gasteiger partial charge in [0, 0.05) is 0 Å². The van der Waals surface area contributed by atoms with E-state index in [-0.39, 0.29) is 6.61 Å². The summed E-state index contributed by atoms with van der Waals surface area (Å²) < 4.78 is 5.23. The number of hydrogen-bond donors (Lipinski definition) is 2. The van der Waals surface area contributed by atoms with Crippen LogP contribution in [0.15, 0.2) is 12.1 Å². The van der Waals surface area contributed by atoms with Crippen LogP contribution < -0.4 is 5.32 Å². The number of alkyl carbamates (subject to hydrolysis) is 1. The standard InChI is InChI=1S/C16H25NO3/c1-10-7-11(2)14(12(3)8-10)13(9-18)17-15(19)20-16(4,5)6/h7-8,13,18H,9H2,1-6H3,(H,17,19)/t13-/m1/s1. The highest BCUT2D eigenvalue weighted by molar-refractivity contribution is 5.68. The molecule has 0 fully saturated rings. The van der Waals surface area contributed by atoms with Gasteiger partial charge < -0.3 is 15.2 Å². The van der Waals surface area contributed by atoms with Gasteiger partial charge in [-0.15, -0.1) is 0 Å². The molecule has 1 atom stereocenters. The normalized spacial score (nSPS) is 12.9. The predicted molar refractivity (Wildman–Crippen MR) is 79.8 cm³/mol. The van der Waals surface area contributed by atoms with Gasteiger partial charge >= 0.3 is 6.09 Å². The van der Waals surface area contributed by atoms with Gasteiger partial charge in [0.2, 0.25) is 0 Å². The lowest BCUT2D eigenvalue weighted by Gasteiger charge is -2.25. The van der Waals surface area contributed by atoms with Crippen LogP contribution in [0.2, 0.25) is 0 Å². The second kappa shape index (κ2) is 6.27. The molecule has 1 aromatic rings. The maximum atomic E-state index is 11.8. The van der Waals surface area contributed by atoms with Crippen LogP contribution in [-0.2, 0) is 4.74 Å². The molecule has 1 aromatic carbocycles. The van der Waals surface area contributed by atoms with Crippen LogP contribution in [0.1, 0.15) is 49.1 Å². The third kappa shape index (κ3) is 4.53. The molecule has 0 unspecified atom stereocenters. The Morgan fingerprint density at radius 3 is 2.15 bits per heavy atom. The highest BCUT2D eigenvalue weighted by Crippen LogP contribution is 2.23. The van der Waals surface area contributed by atoms with E-state index in [0.717, 1.165) is 22.3 Å². The average Bonchev–Trinajstić information content (AvgIpc) is 2.23. The second-order valence-corrected chi connectivity index (χ2v) is 6.19. The summed E-state index contributed by atoms with van der Waals surface area (Å²) in [5.74, 6) is 0. The fraction of sp³-hybridized carbons (Fsp3) is 0.562. The van der Waals surface area contributed by atoms with Crippen molar-refractivity contribution in [3.63, 3.8) is 0 Å². The van der Waals surface area contributed by atoms with Gasteiger partial charge in [-0.3, -0.25) is 0 Å². The Morgan fingerprint density at radius 1 is 1.25 bits per heavy atom. The van der Waals surface area contributed by atoms with Gasteiger partial charge in [0.1, 0.15) is 5.60 Å². The van der Waals surface area contributed by atoms with E-state index in [1.807, 2.05) is 53.7 Å². The van der Waals surface area contributed by atoms with E-state index in [9.17, 15) is 9.90 Å². The second-order valence-electron chi connectivity index (χ2n) is 6.19. The van der Waals surface area contributed by atoms with Crippen LogP contribution in [0, 0.1) is 20.8 Å². The molecule has 4 heteroatoms. The molecule has 4 nitrogen and oxygen atoms in total. The molecule has 0 aliphatic carbocycles. The summed E-state index contributed by atoms with van der Waals surface area (Å²) in [5, 5.41) is 12.3. The first kappa shape index (κ1) is 16.5. The molecule has 0 bridgehead atoms. The number of aliphatic hydroxyl groups excluding tert-OH is 1. The van der Waals surface area contributed by atoms with E-state index in [4.69, 9.17) is 4.74 Å². The van der Waals surface area contributed by atoms with E-state index in [1.54, 1.807) is 0 Å². The minimum Gasteiger partial charge on any atom is -0.444 e. The van der Waals surface area contributed by atoms with E-state index in [2.05, 4.69) is 5.32 Å². The monoisotopic (exact) mass is 279 g/mol. The fourth-order valence-corrected chi connectivity index (χ4v) is 2.40. The quantitative estimate of drug-likeness (QED) is 0.893. The zero-order valence-corrected chi connectivity index (χ0v) is 13.2. The average molecular weight is 279 g/mol. The number of nitrogens with one attached hydrogen (secondary N) is 1. The number of aliphatic hydroxyl groups is 1. The fourth-order valence-electron chi connectivity index (χ4n) is 2.40. The molecule has 1 amide bonds. The van der Waals surface area contributed by atoms with Crippen molar-refractivity contribution in [2.45, 2.75) is 53.2 Å². The number of benzene rings is 1. The van der Waals surface area contributed by atoms with Crippen molar-refractivity contribution in [1.82, 2.24) is 5.32 Å². The van der Waals surface area contributed by atoms with Crippen LogP contribution in [0.25, 0.3) is 0 Å². The van der Waals surface area contributed by atoms with Crippen LogP contribution >= 0.6 is 0 Å². The van der Waals surface area contributed by atoms with Gasteiger partial charge in [0.25, 0.3) is 0 Å². The summed E-state index contributed by atoms with van der Waals surface area (Å²) in [7, 11) is 0. The molecule has 20 heavy (non-hydrogen) atoms. The van der Waals surface area contributed by atoms with Gasteiger partial charge in [0.15, 0.2) is 0 Å². The molecule has 0 heterocycles. The highest BCUT2D eigenvalue weighted by atomic mass is 16.6. The third-order valence-corrected chi connectivity index (χ3v) is 2.96. The van der Waals surface area contributed by atoms with Crippen molar-refractivity contribution < 1.29 is 14.6 Å². The van der Waals surface area contributed by atoms with Gasteiger partial charge in [-0.25, -0.2) is 4.79 Å². The van der Waals surface area contributed by atoms with Crippen molar-refractivity contribution in [1.29, 1.82) is 0 Å². The van der Waals surface area contributed by atoms with Crippen molar-refractivity contribution in [2.75, 3.05) is 6.61 Å². The number of amides is 1. The van der Waals surface area contributed by atoms with Crippen molar-refractivity contribution in [2.24, 2.45) is 0 Å². The van der Waals surface area contributed by atoms with Gasteiger partial charge in [-0.1, -0.05) is 17.7 Å². The Labute approximate surface area is 121 Å². The minimum absolute atomic E-state index is 0.163. The maximum Gasteiger partial charge on any atom is 0.408 e. The number of carbonyl (C=O) groups is 1. The Balaban J connectivity index is 2.95. The lowest BCUT2D eigenvalue weighted by Crippen LogP contribution is -2.36. The van der Waals surface area contributed by atoms with Crippen LogP contribution in [0.5, 0.6) is 0 Å². The molecule has 0 radical (unpaired) electrons. The molecule has 0 spiro atoms. The summed E-state index contributed by atoms with van der Waals surface area (Å²) in [6.45, 7) is 11.3. The van der Waals surface area contributed by atoms with Crippen LogP contribution in [-0.4, -0.2) is 23.4 Å². The van der Waals surface area contributed by atoms with E-state index < -0.39 is 17.7 Å². The van der Waals surface area contributed by atoms with Crippen LogP contribution in [0.4, 0.5) is 4.79 Å². The number of carbonyl (C=O) groups excluding carboxylic acids is 1. The maximum absolute atomic E-state index is 11.8. The largest absolute Gasteiger partial charge is 0.444 e. The van der Waals surface area contributed by atoms with E-state index in [0.29, 0.717) is 0 Å². The summed E-state index contributed by atoms with van der Waals surface area (Å²) in [6, 6.07) is 3.63. The molecule has 0 aromatic heterocycles. The number of hydrogen-bond acceptors (Lipinski definition) is 3. The first-order chi connectivity index (χ1) is 9.14. The molecule has 0 saturated carbocycles. The summed E-state index contributed by atoms with van der Waals surface area (Å²) in [4.78, 5) is 11.8. The van der Waals surface area contributed by atoms with Crippen molar-refractivity contribution >= 4 is 6.09 Å². The van der Waals surface area contributed by atoms with Gasteiger partial charge in [-0.2, -0.15) is 0 Å². The number of ether oxygens (including phenoxy) is 1. The van der Waals surface area contributed by atoms with Crippen molar-refractivity contribution in [3.05, 3.63) is 34.4 Å². The van der Waals surface area contributed by atoms with Gasteiger partial charge in [0.05, 0.1) is 12.6 Å². The number of rotatable bonds is 3. The molecular weight excluding hydrogens is 254 g/mol. The Morgan fingerprint density at radius 2 is 1.75 bits per heavy atom. The molecular formula is C16H25NO3. The Bertz CT molecular complexity index is 466. The third-order valence-electron chi connectivity index (χ3n) is 2.96. The zero-order valence-electron chi connectivity index (χ0n) is 13.2. The SMILES string of the molecule is Cc1cc(C)c([C@@H](CO)NC(=O)OC(C)(C)C)c(C)c1. The predicted octanol–water partition coefficient (Wildman–Crippen LogP) is 3.17. The molecule has 0 aliphatic heterocycles. The Hall–Kier alpha value is -1.55. The smallest absolute Gasteiger partial charge is 0.408 e. The van der Waals surface area contributed by atoms with Crippen LogP contribution in [0.3, 0.4) is 0 Å². The first-order valence-corrected chi connectivity index (χ1v) is 6.82. The summed E-state index contributed by atoms with van der Waals surface area (Å²) in [6.07, 6.45) is -0.518.